The first-order chi connectivity index (χ1) is 24.8. The molecule has 0 aliphatic heterocycles. The van der Waals surface area contributed by atoms with E-state index in [9.17, 15) is 0 Å². The van der Waals surface area contributed by atoms with E-state index in [-0.39, 0.29) is 0 Å². The molecule has 0 N–H and O–H groups in total. The molecular weight excluding hydrogens is 631 g/mol. The second-order valence-electron chi connectivity index (χ2n) is 12.6. The molecule has 0 saturated heterocycles. The Labute approximate surface area is 293 Å². The smallest absolute Gasteiger partial charge is 0.164 e. The van der Waals surface area contributed by atoms with E-state index in [4.69, 9.17) is 19.4 Å². The summed E-state index contributed by atoms with van der Waals surface area (Å²) in [5.41, 5.74) is 10.5. The van der Waals surface area contributed by atoms with Gasteiger partial charge in [0.1, 0.15) is 11.2 Å². The van der Waals surface area contributed by atoms with Crippen LogP contribution < -0.4 is 0 Å². The number of rotatable bonds is 5. The first kappa shape index (κ1) is 28.8. The zero-order valence-electron chi connectivity index (χ0n) is 27.0. The Morgan fingerprint density at radius 3 is 2.02 bits per heavy atom. The molecule has 9 aromatic rings. The van der Waals surface area contributed by atoms with E-state index in [0.29, 0.717) is 17.5 Å². The van der Waals surface area contributed by atoms with Crippen molar-refractivity contribution >= 4 is 49.4 Å². The van der Waals surface area contributed by atoms with E-state index in [1.807, 2.05) is 35.6 Å². The number of hydrogen-bond acceptors (Lipinski definition) is 5. The van der Waals surface area contributed by atoms with Gasteiger partial charge in [-0.05, 0) is 77.1 Å². The van der Waals surface area contributed by atoms with Crippen molar-refractivity contribution in [3.05, 3.63) is 156 Å². The number of hydrogen-bond donors (Lipinski definition) is 0. The van der Waals surface area contributed by atoms with Crippen LogP contribution in [0.4, 0.5) is 0 Å². The number of nitrogens with zero attached hydrogens (tertiary/aromatic N) is 3. The van der Waals surface area contributed by atoms with E-state index >= 15 is 0 Å². The first-order valence-electron chi connectivity index (χ1n) is 16.9. The third kappa shape index (κ3) is 4.78. The Kier molecular flexibility index (Phi) is 6.78. The van der Waals surface area contributed by atoms with Crippen molar-refractivity contribution in [2.45, 2.75) is 12.8 Å². The van der Waals surface area contributed by atoms with E-state index in [0.717, 1.165) is 68.2 Å². The molecule has 6 aromatic carbocycles. The van der Waals surface area contributed by atoms with Crippen LogP contribution in [0.5, 0.6) is 0 Å². The van der Waals surface area contributed by atoms with E-state index in [2.05, 4.69) is 127 Å². The standard InChI is InChI=1S/C45H29N3OS/c1-2-13-28(14-3-1)30-15-4-5-16-31(30)32-17-6-7-19-34(32)44-46-43(29-25-26-39-37(27-29)33-18-8-10-22-38(33)49-39)47-45(48-44)36-21-12-24-41-42(36)35-20-9-11-23-40(35)50-41/h1-8,10-19,21-27H,9,20H2. The average molecular weight is 660 g/mol. The Balaban J connectivity index is 1.23. The zero-order chi connectivity index (χ0) is 33.0. The third-order valence-corrected chi connectivity index (χ3v) is 10.8. The van der Waals surface area contributed by atoms with Crippen LogP contribution in [-0.4, -0.2) is 15.0 Å². The van der Waals surface area contributed by atoms with Crippen LogP contribution in [0.1, 0.15) is 16.9 Å². The third-order valence-electron chi connectivity index (χ3n) is 9.66. The second kappa shape index (κ2) is 11.8. The number of furan rings is 1. The molecule has 0 saturated carbocycles. The summed E-state index contributed by atoms with van der Waals surface area (Å²) in [5, 5.41) is 3.36. The number of fused-ring (bicyclic) bond motifs is 6. The van der Waals surface area contributed by atoms with Crippen molar-refractivity contribution in [1.82, 2.24) is 15.0 Å². The van der Waals surface area contributed by atoms with Gasteiger partial charge in [0.25, 0.3) is 0 Å². The molecule has 0 fully saturated rings. The maximum atomic E-state index is 6.18. The molecule has 4 nitrogen and oxygen atoms in total. The highest BCUT2D eigenvalue weighted by atomic mass is 32.1. The van der Waals surface area contributed by atoms with Crippen LogP contribution in [-0.2, 0) is 6.42 Å². The predicted molar refractivity (Wildman–Crippen MR) is 207 cm³/mol. The van der Waals surface area contributed by atoms with E-state index in [1.165, 1.54) is 26.1 Å². The quantitative estimate of drug-likeness (QED) is 0.184. The van der Waals surface area contributed by atoms with Crippen LogP contribution >= 0.6 is 11.3 Å². The number of thiophene rings is 1. The topological polar surface area (TPSA) is 51.8 Å². The summed E-state index contributed by atoms with van der Waals surface area (Å²) >= 11 is 1.84. The molecule has 10 rings (SSSR count). The zero-order valence-corrected chi connectivity index (χ0v) is 27.8. The van der Waals surface area contributed by atoms with Gasteiger partial charge >= 0.3 is 0 Å². The Morgan fingerprint density at radius 1 is 0.500 bits per heavy atom. The molecule has 3 aromatic heterocycles. The minimum absolute atomic E-state index is 0.629. The Bertz CT molecular complexity index is 2770. The van der Waals surface area contributed by atoms with Gasteiger partial charge in [0.15, 0.2) is 17.5 Å². The van der Waals surface area contributed by atoms with Gasteiger partial charge in [0.05, 0.1) is 0 Å². The highest BCUT2D eigenvalue weighted by molar-refractivity contribution is 7.20. The van der Waals surface area contributed by atoms with E-state index in [1.54, 1.807) is 0 Å². The summed E-state index contributed by atoms with van der Waals surface area (Å²) in [5.74, 6) is 1.94. The average Bonchev–Trinajstić information content (AvgIpc) is 3.76. The van der Waals surface area contributed by atoms with Crippen LogP contribution in [0, 0.1) is 0 Å². The summed E-state index contributed by atoms with van der Waals surface area (Å²) in [6, 6.07) is 48.5. The molecule has 0 radical (unpaired) electrons. The maximum Gasteiger partial charge on any atom is 0.164 e. The molecular formula is C45H29N3OS. The highest BCUT2D eigenvalue weighted by Gasteiger charge is 2.22. The van der Waals surface area contributed by atoms with Crippen LogP contribution in [0.15, 0.2) is 150 Å². The monoisotopic (exact) mass is 659 g/mol. The molecule has 1 aliphatic carbocycles. The van der Waals surface area contributed by atoms with Gasteiger partial charge in [-0.2, -0.15) is 0 Å². The molecule has 5 heteroatoms. The lowest BCUT2D eigenvalue weighted by atomic mass is 9.91. The normalized spacial score (nSPS) is 12.6. The minimum atomic E-state index is 0.629. The largest absolute Gasteiger partial charge is 0.456 e. The van der Waals surface area contributed by atoms with Gasteiger partial charge in [-0.15, -0.1) is 11.3 Å². The SMILES string of the molecule is C1=Cc2sc3cccc(-c4nc(-c5ccc6oc7ccccc7c6c5)nc(-c5ccccc5-c5ccccc5-c5ccccc5)n4)c3c2CC1. The predicted octanol–water partition coefficient (Wildman–Crippen LogP) is 12.3. The van der Waals surface area contributed by atoms with Crippen molar-refractivity contribution < 1.29 is 4.42 Å². The van der Waals surface area contributed by atoms with Crippen molar-refractivity contribution in [3.8, 4) is 56.4 Å². The van der Waals surface area contributed by atoms with Gasteiger partial charge < -0.3 is 4.42 Å². The number of aromatic nitrogens is 3. The van der Waals surface area contributed by atoms with Gasteiger partial charge in [-0.3, -0.25) is 0 Å². The summed E-state index contributed by atoms with van der Waals surface area (Å²) in [4.78, 5) is 17.1. The minimum Gasteiger partial charge on any atom is -0.456 e. The number of para-hydroxylation sites is 1. The molecule has 0 bridgehead atoms. The summed E-state index contributed by atoms with van der Waals surface area (Å²) < 4.78 is 7.43. The molecule has 0 amide bonds. The van der Waals surface area contributed by atoms with Crippen molar-refractivity contribution in [3.63, 3.8) is 0 Å². The van der Waals surface area contributed by atoms with E-state index < -0.39 is 0 Å². The first-order valence-corrected chi connectivity index (χ1v) is 17.7. The lowest BCUT2D eigenvalue weighted by Crippen LogP contribution is -2.02. The van der Waals surface area contributed by atoms with Crippen molar-refractivity contribution in [2.75, 3.05) is 0 Å². The number of allylic oxidation sites excluding steroid dienone is 1. The second-order valence-corrected chi connectivity index (χ2v) is 13.7. The van der Waals surface area contributed by atoms with Gasteiger partial charge in [0.2, 0.25) is 0 Å². The van der Waals surface area contributed by atoms with Crippen LogP contribution in [0.2, 0.25) is 0 Å². The number of aryl methyl sites for hydroxylation is 1. The lowest BCUT2D eigenvalue weighted by molar-refractivity contribution is 0.669. The van der Waals surface area contributed by atoms with Crippen molar-refractivity contribution in [1.29, 1.82) is 0 Å². The molecule has 0 spiro atoms. The Morgan fingerprint density at radius 2 is 1.16 bits per heavy atom. The van der Waals surface area contributed by atoms with Crippen LogP contribution in [0.3, 0.4) is 0 Å². The molecule has 1 aliphatic rings. The van der Waals surface area contributed by atoms with Gasteiger partial charge in [-0.25, -0.2) is 15.0 Å². The van der Waals surface area contributed by atoms with Gasteiger partial charge in [-0.1, -0.05) is 115 Å². The fourth-order valence-corrected chi connectivity index (χ4v) is 8.54. The fraction of sp³-hybridized carbons (Fsp3) is 0.0444. The molecule has 3 heterocycles. The van der Waals surface area contributed by atoms with Crippen LogP contribution in [0.25, 0.3) is 94.5 Å². The van der Waals surface area contributed by atoms with Crippen molar-refractivity contribution in [2.24, 2.45) is 0 Å². The highest BCUT2D eigenvalue weighted by Crippen LogP contribution is 2.42. The summed E-state index contributed by atoms with van der Waals surface area (Å²) in [6.07, 6.45) is 6.59. The molecule has 50 heavy (non-hydrogen) atoms. The Hall–Kier alpha value is -6.17. The maximum absolute atomic E-state index is 6.18. The molecule has 0 unspecified atom stereocenters. The lowest BCUT2D eigenvalue weighted by Gasteiger charge is -2.15. The van der Waals surface area contributed by atoms with Gasteiger partial charge in [0, 0.05) is 42.4 Å². The summed E-state index contributed by atoms with van der Waals surface area (Å²) in [7, 11) is 0. The molecule has 0 atom stereocenters. The number of benzene rings is 6. The molecule has 236 valence electrons. The summed E-state index contributed by atoms with van der Waals surface area (Å²) in [6.45, 7) is 0. The fourth-order valence-electron chi connectivity index (χ4n) is 7.33.